The lowest BCUT2D eigenvalue weighted by Gasteiger charge is -2.32. The van der Waals surface area contributed by atoms with Crippen LogP contribution in [0.4, 0.5) is 0 Å². The van der Waals surface area contributed by atoms with Crippen molar-refractivity contribution < 1.29 is 18.9 Å². The van der Waals surface area contributed by atoms with Gasteiger partial charge in [0.1, 0.15) is 41.8 Å². The lowest BCUT2D eigenvalue weighted by atomic mass is 9.88. The number of ether oxygens (including phenoxy) is 4. The standard InChI is InChI=1S/C34H32O4/c1-34(2)18-17-30-31(38-34)16-13-26-19-27(23-37-33(26)30)29-15-14-28(35-21-24-9-5-3-6-10-24)20-32(29)36-22-25-11-7-4-8-12-25/h3-18,20,27H,19,21-23H2,1-2H3. The van der Waals surface area contributed by atoms with Crippen LogP contribution in [-0.4, -0.2) is 12.2 Å². The quantitative estimate of drug-likeness (QED) is 0.258. The van der Waals surface area contributed by atoms with Crippen LogP contribution in [0.15, 0.2) is 97.1 Å². The van der Waals surface area contributed by atoms with Crippen LogP contribution in [-0.2, 0) is 19.6 Å². The molecule has 1 unspecified atom stereocenters. The second-order valence-corrected chi connectivity index (χ2v) is 10.5. The summed E-state index contributed by atoms with van der Waals surface area (Å²) in [4.78, 5) is 0. The van der Waals surface area contributed by atoms with Gasteiger partial charge in [-0.15, -0.1) is 0 Å². The van der Waals surface area contributed by atoms with Gasteiger partial charge >= 0.3 is 0 Å². The van der Waals surface area contributed by atoms with Crippen molar-refractivity contribution in [1.82, 2.24) is 0 Å². The first kappa shape index (κ1) is 24.2. The summed E-state index contributed by atoms with van der Waals surface area (Å²) in [6.07, 6.45) is 5.09. The first-order valence-corrected chi connectivity index (χ1v) is 13.2. The molecular formula is C34H32O4. The molecule has 38 heavy (non-hydrogen) atoms. The zero-order chi connectivity index (χ0) is 26.0. The van der Waals surface area contributed by atoms with E-state index in [1.54, 1.807) is 0 Å². The minimum absolute atomic E-state index is 0.166. The predicted molar refractivity (Wildman–Crippen MR) is 150 cm³/mol. The van der Waals surface area contributed by atoms with Gasteiger partial charge in [-0.25, -0.2) is 0 Å². The highest BCUT2D eigenvalue weighted by Gasteiger charge is 2.30. The molecule has 192 valence electrons. The van der Waals surface area contributed by atoms with E-state index >= 15 is 0 Å². The van der Waals surface area contributed by atoms with Gasteiger partial charge in [0.15, 0.2) is 0 Å². The Hall–Kier alpha value is -4.18. The summed E-state index contributed by atoms with van der Waals surface area (Å²) in [6, 6.07) is 30.8. The van der Waals surface area contributed by atoms with E-state index < -0.39 is 0 Å². The van der Waals surface area contributed by atoms with Gasteiger partial charge in [-0.1, -0.05) is 72.8 Å². The molecule has 4 heteroatoms. The minimum atomic E-state index is -0.312. The van der Waals surface area contributed by atoms with Gasteiger partial charge < -0.3 is 18.9 Å². The first-order valence-electron chi connectivity index (χ1n) is 13.2. The topological polar surface area (TPSA) is 36.9 Å². The van der Waals surface area contributed by atoms with Crippen molar-refractivity contribution in [3.05, 3.63) is 125 Å². The molecule has 1 atom stereocenters. The molecule has 0 N–H and O–H groups in total. The molecule has 6 rings (SSSR count). The van der Waals surface area contributed by atoms with Gasteiger partial charge in [0.05, 0.1) is 12.2 Å². The van der Waals surface area contributed by atoms with Crippen molar-refractivity contribution in [3.63, 3.8) is 0 Å². The Kier molecular flexibility index (Phi) is 6.55. The second kappa shape index (κ2) is 10.3. The van der Waals surface area contributed by atoms with Crippen molar-refractivity contribution in [2.75, 3.05) is 6.61 Å². The highest BCUT2D eigenvalue weighted by atomic mass is 16.5. The molecule has 0 saturated heterocycles. The van der Waals surface area contributed by atoms with Crippen LogP contribution in [0.2, 0.25) is 0 Å². The van der Waals surface area contributed by atoms with Gasteiger partial charge in [-0.05, 0) is 61.2 Å². The molecule has 2 aliphatic heterocycles. The van der Waals surface area contributed by atoms with Crippen molar-refractivity contribution in [1.29, 1.82) is 0 Å². The summed E-state index contributed by atoms with van der Waals surface area (Å²) < 4.78 is 25.1. The monoisotopic (exact) mass is 504 g/mol. The van der Waals surface area contributed by atoms with Gasteiger partial charge in [0.2, 0.25) is 0 Å². The highest BCUT2D eigenvalue weighted by molar-refractivity contribution is 5.69. The van der Waals surface area contributed by atoms with Crippen LogP contribution in [0.1, 0.15) is 47.6 Å². The Labute approximate surface area is 224 Å². The molecule has 4 aromatic rings. The van der Waals surface area contributed by atoms with Crippen LogP contribution < -0.4 is 18.9 Å². The lowest BCUT2D eigenvalue weighted by Crippen LogP contribution is -2.28. The molecule has 4 aromatic carbocycles. The third kappa shape index (κ3) is 5.26. The summed E-state index contributed by atoms with van der Waals surface area (Å²) in [5.74, 6) is 3.59. The van der Waals surface area contributed by atoms with Gasteiger partial charge in [0, 0.05) is 17.5 Å². The van der Waals surface area contributed by atoms with Crippen LogP contribution in [0.3, 0.4) is 0 Å². The fourth-order valence-electron chi connectivity index (χ4n) is 5.06. The van der Waals surface area contributed by atoms with Crippen LogP contribution >= 0.6 is 0 Å². The average molecular weight is 505 g/mol. The number of rotatable bonds is 7. The zero-order valence-electron chi connectivity index (χ0n) is 21.9. The Morgan fingerprint density at radius 2 is 1.53 bits per heavy atom. The molecule has 0 saturated carbocycles. The van der Waals surface area contributed by atoms with Crippen molar-refractivity contribution in [2.45, 2.75) is 45.0 Å². The summed E-state index contributed by atoms with van der Waals surface area (Å²) in [5.41, 5.74) is 5.29. The van der Waals surface area contributed by atoms with E-state index in [0.29, 0.717) is 19.8 Å². The number of benzene rings is 4. The summed E-state index contributed by atoms with van der Waals surface area (Å²) in [7, 11) is 0. The second-order valence-electron chi connectivity index (χ2n) is 10.5. The molecule has 0 amide bonds. The van der Waals surface area contributed by atoms with E-state index in [4.69, 9.17) is 18.9 Å². The predicted octanol–water partition coefficient (Wildman–Crippen LogP) is 7.75. The molecule has 0 aromatic heterocycles. The smallest absolute Gasteiger partial charge is 0.133 e. The Morgan fingerprint density at radius 3 is 2.26 bits per heavy atom. The maximum absolute atomic E-state index is 6.40. The zero-order valence-corrected chi connectivity index (χ0v) is 21.9. The van der Waals surface area contributed by atoms with E-state index in [2.05, 4.69) is 68.5 Å². The number of fused-ring (bicyclic) bond motifs is 3. The maximum atomic E-state index is 6.40. The largest absolute Gasteiger partial charge is 0.492 e. The molecule has 2 heterocycles. The molecule has 4 nitrogen and oxygen atoms in total. The fourth-order valence-corrected chi connectivity index (χ4v) is 5.06. The highest BCUT2D eigenvalue weighted by Crippen LogP contribution is 2.44. The Balaban J connectivity index is 1.26. The molecule has 0 fully saturated rings. The summed E-state index contributed by atoms with van der Waals surface area (Å²) in [5, 5.41) is 0. The fraction of sp³-hybridized carbons (Fsp3) is 0.235. The van der Waals surface area contributed by atoms with Crippen molar-refractivity contribution in [3.8, 4) is 23.0 Å². The average Bonchev–Trinajstić information content (AvgIpc) is 2.95. The van der Waals surface area contributed by atoms with Gasteiger partial charge in [-0.3, -0.25) is 0 Å². The van der Waals surface area contributed by atoms with E-state index in [1.807, 2.05) is 48.5 Å². The van der Waals surface area contributed by atoms with Gasteiger partial charge in [-0.2, -0.15) is 0 Å². The number of hydrogen-bond donors (Lipinski definition) is 0. The Morgan fingerprint density at radius 1 is 0.816 bits per heavy atom. The normalized spacial score (nSPS) is 16.9. The van der Waals surface area contributed by atoms with Crippen LogP contribution in [0, 0.1) is 0 Å². The molecular weight excluding hydrogens is 472 g/mol. The SMILES string of the molecule is CC1(C)C=Cc2c(ccc3c2OCC(c2ccc(OCc4ccccc4)cc2OCc2ccccc2)C3)O1. The number of hydrogen-bond acceptors (Lipinski definition) is 4. The third-order valence-electron chi connectivity index (χ3n) is 7.07. The molecule has 2 aliphatic rings. The summed E-state index contributed by atoms with van der Waals surface area (Å²) in [6.45, 7) is 5.70. The van der Waals surface area contributed by atoms with Crippen molar-refractivity contribution >= 4 is 6.08 Å². The molecule has 0 aliphatic carbocycles. The lowest BCUT2D eigenvalue weighted by molar-refractivity contribution is 0.157. The first-order chi connectivity index (χ1) is 18.5. The molecule has 0 bridgehead atoms. The minimum Gasteiger partial charge on any atom is -0.492 e. The third-order valence-corrected chi connectivity index (χ3v) is 7.07. The van der Waals surface area contributed by atoms with E-state index in [-0.39, 0.29) is 11.5 Å². The van der Waals surface area contributed by atoms with Gasteiger partial charge in [0.25, 0.3) is 0 Å². The summed E-state index contributed by atoms with van der Waals surface area (Å²) >= 11 is 0. The van der Waals surface area contributed by atoms with Crippen LogP contribution in [0.5, 0.6) is 23.0 Å². The Bertz CT molecular complexity index is 1440. The van der Waals surface area contributed by atoms with E-state index in [1.165, 1.54) is 5.56 Å². The van der Waals surface area contributed by atoms with Crippen molar-refractivity contribution in [2.24, 2.45) is 0 Å². The maximum Gasteiger partial charge on any atom is 0.133 e. The van der Waals surface area contributed by atoms with Crippen LogP contribution in [0.25, 0.3) is 6.08 Å². The molecule has 0 radical (unpaired) electrons. The van der Waals surface area contributed by atoms with E-state index in [9.17, 15) is 0 Å². The molecule has 0 spiro atoms. The van der Waals surface area contributed by atoms with E-state index in [0.717, 1.165) is 51.7 Å².